The van der Waals surface area contributed by atoms with Gasteiger partial charge in [0.1, 0.15) is 0 Å². The van der Waals surface area contributed by atoms with E-state index in [1.54, 1.807) is 16.8 Å². The van der Waals surface area contributed by atoms with Crippen molar-refractivity contribution < 1.29 is 14.4 Å². The van der Waals surface area contributed by atoms with Crippen LogP contribution in [0.3, 0.4) is 0 Å². The van der Waals surface area contributed by atoms with Crippen LogP contribution in [0.25, 0.3) is 27.8 Å². The highest BCUT2D eigenvalue weighted by Crippen LogP contribution is 2.26. The van der Waals surface area contributed by atoms with Gasteiger partial charge in [0.2, 0.25) is 0 Å². The maximum absolute atomic E-state index is 13.4. The number of nitrogens with zero attached hydrogens (tertiary/aromatic N) is 1. The van der Waals surface area contributed by atoms with Gasteiger partial charge in [-0.3, -0.25) is 19.0 Å². The average Bonchev–Trinajstić information content (AvgIpc) is 3.14. The summed E-state index contributed by atoms with van der Waals surface area (Å²) in [5, 5.41) is 5.34. The topological polar surface area (TPSA) is 68.2 Å². The summed E-state index contributed by atoms with van der Waals surface area (Å²) in [6, 6.07) is 20.8. The number of benzene rings is 3. The Morgan fingerprint density at radius 1 is 0.968 bits per heavy atom. The molecule has 1 N–H and O–H groups in total. The molecule has 0 spiro atoms. The molecule has 1 aliphatic heterocycles. The molecule has 0 unspecified atom stereocenters. The van der Waals surface area contributed by atoms with Gasteiger partial charge in [-0.25, -0.2) is 0 Å². The number of para-hydroxylation sites is 1. The van der Waals surface area contributed by atoms with E-state index in [1.807, 2.05) is 60.7 Å². The molecule has 1 aliphatic rings. The van der Waals surface area contributed by atoms with E-state index in [0.29, 0.717) is 16.6 Å². The molecular weight excluding hydrogens is 408 g/mol. The standard InChI is InChI=1S/C25H16N2O3S/c28-22-13-23(31)26-24(29)20(22)12-18-14-27(21-8-4-3-7-19(18)21)25(30)17-10-9-15-5-1-2-6-16(15)11-17/h1-12,14H,13H2,(H,26,29,31)/b20-12-. The number of piperidine rings is 1. The van der Waals surface area contributed by atoms with Crippen molar-refractivity contribution in [3.05, 3.63) is 89.6 Å². The van der Waals surface area contributed by atoms with Crippen LogP contribution in [0.4, 0.5) is 0 Å². The Hall–Kier alpha value is -3.90. The van der Waals surface area contributed by atoms with Gasteiger partial charge in [0.25, 0.3) is 11.8 Å². The van der Waals surface area contributed by atoms with E-state index in [4.69, 9.17) is 12.2 Å². The first kappa shape index (κ1) is 19.1. The molecule has 0 atom stereocenters. The minimum atomic E-state index is -0.515. The van der Waals surface area contributed by atoms with Crippen molar-refractivity contribution in [3.63, 3.8) is 0 Å². The zero-order chi connectivity index (χ0) is 21.5. The smallest absolute Gasteiger partial charge is 0.262 e. The van der Waals surface area contributed by atoms with Gasteiger partial charge in [-0.2, -0.15) is 0 Å². The third-order valence-electron chi connectivity index (χ3n) is 5.38. The van der Waals surface area contributed by atoms with Crippen molar-refractivity contribution >= 4 is 62.6 Å². The number of Topliss-reactive ketones (excluding diaryl/α,β-unsaturated/α-hetero) is 1. The summed E-state index contributed by atoms with van der Waals surface area (Å²) in [4.78, 5) is 38.2. The number of ketones is 1. The van der Waals surface area contributed by atoms with Crippen molar-refractivity contribution in [3.8, 4) is 0 Å². The van der Waals surface area contributed by atoms with E-state index in [1.165, 1.54) is 6.08 Å². The third kappa shape index (κ3) is 3.37. The quantitative estimate of drug-likeness (QED) is 0.296. The molecule has 1 fully saturated rings. The van der Waals surface area contributed by atoms with E-state index < -0.39 is 5.91 Å². The number of aromatic nitrogens is 1. The zero-order valence-electron chi connectivity index (χ0n) is 16.3. The Morgan fingerprint density at radius 2 is 1.71 bits per heavy atom. The van der Waals surface area contributed by atoms with E-state index in [2.05, 4.69) is 5.32 Å². The van der Waals surface area contributed by atoms with Crippen LogP contribution in [0.15, 0.2) is 78.5 Å². The molecule has 5 rings (SSSR count). The van der Waals surface area contributed by atoms with Gasteiger partial charge in [0.05, 0.1) is 22.5 Å². The summed E-state index contributed by atoms with van der Waals surface area (Å²) in [7, 11) is 0. The highest BCUT2D eigenvalue weighted by molar-refractivity contribution is 7.80. The molecule has 1 aromatic heterocycles. The van der Waals surface area contributed by atoms with Gasteiger partial charge in [-0.1, -0.05) is 60.7 Å². The van der Waals surface area contributed by atoms with E-state index in [9.17, 15) is 14.4 Å². The highest BCUT2D eigenvalue weighted by Gasteiger charge is 2.26. The Bertz CT molecular complexity index is 1440. The van der Waals surface area contributed by atoms with Crippen molar-refractivity contribution in [1.29, 1.82) is 0 Å². The Balaban J connectivity index is 1.62. The average molecular weight is 424 g/mol. The monoisotopic (exact) mass is 424 g/mol. The molecule has 150 valence electrons. The van der Waals surface area contributed by atoms with E-state index >= 15 is 0 Å². The fourth-order valence-corrected chi connectivity index (χ4v) is 4.08. The maximum Gasteiger partial charge on any atom is 0.262 e. The van der Waals surface area contributed by atoms with Gasteiger partial charge < -0.3 is 5.32 Å². The minimum Gasteiger partial charge on any atom is -0.316 e. The summed E-state index contributed by atoms with van der Waals surface area (Å²) in [5.74, 6) is -1.03. The molecule has 3 aromatic carbocycles. The van der Waals surface area contributed by atoms with Gasteiger partial charge in [-0.15, -0.1) is 0 Å². The van der Waals surface area contributed by atoms with Crippen LogP contribution in [0, 0.1) is 0 Å². The van der Waals surface area contributed by atoms with Crippen LogP contribution in [0.2, 0.25) is 0 Å². The molecule has 0 aliphatic carbocycles. The molecular formula is C25H16N2O3S. The number of fused-ring (bicyclic) bond motifs is 2. The summed E-state index contributed by atoms with van der Waals surface area (Å²) >= 11 is 4.95. The number of thiocarbonyl (C=S) groups is 1. The summed E-state index contributed by atoms with van der Waals surface area (Å²) < 4.78 is 1.56. The molecule has 0 radical (unpaired) electrons. The normalized spacial score (nSPS) is 15.6. The molecule has 1 amide bonds. The van der Waals surface area contributed by atoms with Crippen LogP contribution < -0.4 is 5.32 Å². The lowest BCUT2D eigenvalue weighted by molar-refractivity contribution is -0.122. The first-order valence-corrected chi connectivity index (χ1v) is 10.1. The number of rotatable bonds is 2. The van der Waals surface area contributed by atoms with Gasteiger partial charge in [-0.05, 0) is 35.0 Å². The molecule has 6 heteroatoms. The third-order valence-corrected chi connectivity index (χ3v) is 5.62. The van der Waals surface area contributed by atoms with Crippen molar-refractivity contribution in [1.82, 2.24) is 9.88 Å². The van der Waals surface area contributed by atoms with Crippen LogP contribution in [0.5, 0.6) is 0 Å². The first-order chi connectivity index (χ1) is 15.0. The Kier molecular flexibility index (Phi) is 4.56. The second kappa shape index (κ2) is 7.41. The number of hydrogen-bond donors (Lipinski definition) is 1. The summed E-state index contributed by atoms with van der Waals surface area (Å²) in [5.41, 5.74) is 1.91. The molecule has 5 nitrogen and oxygen atoms in total. The first-order valence-electron chi connectivity index (χ1n) is 9.74. The Labute approximate surface area is 183 Å². The maximum atomic E-state index is 13.4. The summed E-state index contributed by atoms with van der Waals surface area (Å²) in [6.07, 6.45) is 3.20. The van der Waals surface area contributed by atoms with E-state index in [0.717, 1.165) is 16.2 Å². The van der Waals surface area contributed by atoms with Gasteiger partial charge >= 0.3 is 0 Å². The summed E-state index contributed by atoms with van der Waals surface area (Å²) in [6.45, 7) is 0. The molecule has 31 heavy (non-hydrogen) atoms. The molecule has 1 saturated heterocycles. The van der Waals surface area contributed by atoms with Gasteiger partial charge in [0, 0.05) is 22.7 Å². The van der Waals surface area contributed by atoms with Crippen molar-refractivity contribution in [2.75, 3.05) is 0 Å². The van der Waals surface area contributed by atoms with Crippen LogP contribution in [-0.2, 0) is 9.59 Å². The lowest BCUT2D eigenvalue weighted by atomic mass is 10.0. The fourth-order valence-electron chi connectivity index (χ4n) is 3.86. The van der Waals surface area contributed by atoms with Crippen molar-refractivity contribution in [2.45, 2.75) is 6.42 Å². The number of nitrogens with one attached hydrogen (secondary N) is 1. The zero-order valence-corrected chi connectivity index (χ0v) is 17.1. The minimum absolute atomic E-state index is 0.00156. The highest BCUT2D eigenvalue weighted by atomic mass is 32.1. The number of carbonyl (C=O) groups excluding carboxylic acids is 3. The predicted octanol–water partition coefficient (Wildman–Crippen LogP) is 4.28. The second-order valence-electron chi connectivity index (χ2n) is 7.37. The van der Waals surface area contributed by atoms with Crippen molar-refractivity contribution in [2.24, 2.45) is 0 Å². The largest absolute Gasteiger partial charge is 0.316 e. The van der Waals surface area contributed by atoms with Crippen LogP contribution in [0.1, 0.15) is 22.3 Å². The lowest BCUT2D eigenvalue weighted by Gasteiger charge is -2.14. The molecule has 2 heterocycles. The lowest BCUT2D eigenvalue weighted by Crippen LogP contribution is -2.39. The van der Waals surface area contributed by atoms with Crippen LogP contribution in [-0.4, -0.2) is 27.2 Å². The van der Waals surface area contributed by atoms with E-state index in [-0.39, 0.29) is 28.7 Å². The molecule has 0 bridgehead atoms. The van der Waals surface area contributed by atoms with Gasteiger partial charge in [0.15, 0.2) is 5.78 Å². The number of amides is 1. The number of carbonyl (C=O) groups is 3. The second-order valence-corrected chi connectivity index (χ2v) is 7.87. The van der Waals surface area contributed by atoms with Crippen LogP contribution >= 0.6 is 12.2 Å². The predicted molar refractivity (Wildman–Crippen MR) is 124 cm³/mol. The number of hydrogen-bond acceptors (Lipinski definition) is 4. The molecule has 0 saturated carbocycles. The fraction of sp³-hybridized carbons (Fsp3) is 0.0400. The Morgan fingerprint density at radius 3 is 2.52 bits per heavy atom. The SMILES string of the molecule is O=C1CC(=S)NC(=O)/C1=C\c1cn(C(=O)c2ccc3ccccc3c2)c2ccccc12. The molecule has 4 aromatic rings.